The molecule has 26 heavy (non-hydrogen) atoms. The van der Waals surface area contributed by atoms with E-state index >= 15 is 0 Å². The van der Waals surface area contributed by atoms with Crippen LogP contribution in [0.1, 0.15) is 22.5 Å². The molecule has 0 unspecified atom stereocenters. The minimum atomic E-state index is -0.0743. The van der Waals surface area contributed by atoms with Gasteiger partial charge in [0.1, 0.15) is 5.69 Å². The summed E-state index contributed by atoms with van der Waals surface area (Å²) in [4.78, 5) is 22.0. The highest BCUT2D eigenvalue weighted by molar-refractivity contribution is 7.15. The highest BCUT2D eigenvalue weighted by atomic mass is 32.1. The van der Waals surface area contributed by atoms with Gasteiger partial charge in [-0.3, -0.25) is 9.20 Å². The number of fused-ring (bicyclic) bond motifs is 1. The Kier molecular flexibility index (Phi) is 4.53. The second-order valence-corrected chi connectivity index (χ2v) is 7.01. The first kappa shape index (κ1) is 16.5. The monoisotopic (exact) mass is 365 g/mol. The van der Waals surface area contributed by atoms with Crippen LogP contribution in [0.3, 0.4) is 0 Å². The first-order valence-corrected chi connectivity index (χ1v) is 9.36. The van der Waals surface area contributed by atoms with E-state index in [4.69, 9.17) is 0 Å². The number of rotatable bonds is 6. The van der Waals surface area contributed by atoms with Gasteiger partial charge in [-0.2, -0.15) is 0 Å². The van der Waals surface area contributed by atoms with E-state index in [2.05, 4.69) is 46.5 Å². The molecular formula is C19H19N5OS. The first-order valence-electron chi connectivity index (χ1n) is 8.48. The second-order valence-electron chi connectivity index (χ2n) is 6.18. The van der Waals surface area contributed by atoms with Crippen molar-refractivity contribution in [3.8, 4) is 11.3 Å². The predicted molar refractivity (Wildman–Crippen MR) is 102 cm³/mol. The van der Waals surface area contributed by atoms with Crippen LogP contribution < -0.4 is 5.32 Å². The van der Waals surface area contributed by atoms with E-state index in [0.717, 1.165) is 29.2 Å². The van der Waals surface area contributed by atoms with Gasteiger partial charge in [0.2, 0.25) is 0 Å². The van der Waals surface area contributed by atoms with Gasteiger partial charge in [-0.05, 0) is 13.3 Å². The van der Waals surface area contributed by atoms with E-state index in [1.165, 1.54) is 16.9 Å². The Labute approximate surface area is 155 Å². The maximum Gasteiger partial charge on any atom is 0.269 e. The lowest BCUT2D eigenvalue weighted by Crippen LogP contribution is -2.26. The average molecular weight is 365 g/mol. The van der Waals surface area contributed by atoms with Gasteiger partial charge >= 0.3 is 0 Å². The molecule has 6 nitrogen and oxygen atoms in total. The topological polar surface area (TPSA) is 64.2 Å². The Morgan fingerprint density at radius 2 is 2.12 bits per heavy atom. The van der Waals surface area contributed by atoms with Crippen LogP contribution in [0.5, 0.6) is 0 Å². The van der Waals surface area contributed by atoms with E-state index in [9.17, 15) is 4.79 Å². The lowest BCUT2D eigenvalue weighted by molar-refractivity contribution is 0.0947. The Balaban J connectivity index is 1.44. The van der Waals surface area contributed by atoms with Crippen LogP contribution in [0.4, 0.5) is 0 Å². The number of hydrogen-bond donors (Lipinski definition) is 1. The van der Waals surface area contributed by atoms with Crippen molar-refractivity contribution in [2.45, 2.75) is 19.9 Å². The molecule has 1 aromatic carbocycles. The molecule has 0 aliphatic carbocycles. The number of thiazole rings is 1. The van der Waals surface area contributed by atoms with Crippen molar-refractivity contribution in [3.63, 3.8) is 0 Å². The standard InChI is InChI=1S/C19H19N5OS/c1-14-3-5-15(6-4-14)16-11-24-17(12-26-19(24)22-16)18(25)21-7-2-9-23-10-8-20-13-23/h3-6,8,10-13H,2,7,9H2,1H3,(H,21,25). The van der Waals surface area contributed by atoms with Gasteiger partial charge in [-0.1, -0.05) is 29.8 Å². The number of aryl methyl sites for hydroxylation is 2. The molecule has 0 aliphatic heterocycles. The van der Waals surface area contributed by atoms with Crippen molar-refractivity contribution in [2.75, 3.05) is 6.54 Å². The molecule has 0 fully saturated rings. The van der Waals surface area contributed by atoms with Crippen LogP contribution in [0.25, 0.3) is 16.2 Å². The summed E-state index contributed by atoms with van der Waals surface area (Å²) >= 11 is 1.48. The zero-order chi connectivity index (χ0) is 17.9. The lowest BCUT2D eigenvalue weighted by Gasteiger charge is -2.05. The Morgan fingerprint density at radius 3 is 2.88 bits per heavy atom. The van der Waals surface area contributed by atoms with Crippen LogP contribution >= 0.6 is 11.3 Å². The van der Waals surface area contributed by atoms with Gasteiger partial charge in [0.05, 0.1) is 12.0 Å². The van der Waals surface area contributed by atoms with Crippen molar-refractivity contribution >= 4 is 22.2 Å². The van der Waals surface area contributed by atoms with Crippen molar-refractivity contribution in [1.82, 2.24) is 24.3 Å². The van der Waals surface area contributed by atoms with Gasteiger partial charge < -0.3 is 9.88 Å². The maximum atomic E-state index is 12.5. The second kappa shape index (κ2) is 7.13. The Morgan fingerprint density at radius 1 is 1.27 bits per heavy atom. The summed E-state index contributed by atoms with van der Waals surface area (Å²) in [6.45, 7) is 3.51. The van der Waals surface area contributed by atoms with Gasteiger partial charge in [0.15, 0.2) is 4.96 Å². The fourth-order valence-electron chi connectivity index (χ4n) is 2.78. The smallest absolute Gasteiger partial charge is 0.269 e. The molecule has 0 radical (unpaired) electrons. The van der Waals surface area contributed by atoms with Crippen LogP contribution in [-0.4, -0.2) is 31.4 Å². The summed E-state index contributed by atoms with van der Waals surface area (Å²) in [5.74, 6) is -0.0743. The van der Waals surface area contributed by atoms with E-state index < -0.39 is 0 Å². The number of carbonyl (C=O) groups is 1. The highest BCUT2D eigenvalue weighted by Crippen LogP contribution is 2.24. The summed E-state index contributed by atoms with van der Waals surface area (Å²) < 4.78 is 3.86. The summed E-state index contributed by atoms with van der Waals surface area (Å²) in [6.07, 6.45) is 8.24. The SMILES string of the molecule is Cc1ccc(-c2cn3c(C(=O)NCCCn4ccnc4)csc3n2)cc1. The molecule has 1 N–H and O–H groups in total. The van der Waals surface area contributed by atoms with Crippen LogP contribution in [0.15, 0.2) is 54.6 Å². The third kappa shape index (κ3) is 3.39. The first-order chi connectivity index (χ1) is 12.7. The quantitative estimate of drug-likeness (QED) is 0.533. The number of aromatic nitrogens is 4. The number of carbonyl (C=O) groups excluding carboxylic acids is 1. The third-order valence-corrected chi connectivity index (χ3v) is 5.07. The van der Waals surface area contributed by atoms with Crippen molar-refractivity contribution in [3.05, 3.63) is 65.8 Å². The van der Waals surface area contributed by atoms with Gasteiger partial charge in [-0.25, -0.2) is 9.97 Å². The summed E-state index contributed by atoms with van der Waals surface area (Å²) in [5, 5.41) is 4.84. The molecule has 132 valence electrons. The van der Waals surface area contributed by atoms with E-state index in [1.807, 2.05) is 26.7 Å². The zero-order valence-corrected chi connectivity index (χ0v) is 15.2. The molecule has 0 saturated heterocycles. The van der Waals surface area contributed by atoms with Crippen LogP contribution in [0, 0.1) is 6.92 Å². The minimum Gasteiger partial charge on any atom is -0.351 e. The van der Waals surface area contributed by atoms with Crippen molar-refractivity contribution < 1.29 is 4.79 Å². The largest absolute Gasteiger partial charge is 0.351 e. The summed E-state index contributed by atoms with van der Waals surface area (Å²) in [5.41, 5.74) is 3.77. The molecule has 3 aromatic heterocycles. The summed E-state index contributed by atoms with van der Waals surface area (Å²) in [7, 11) is 0. The minimum absolute atomic E-state index is 0.0743. The van der Waals surface area contributed by atoms with E-state index in [0.29, 0.717) is 12.2 Å². The molecular weight excluding hydrogens is 346 g/mol. The molecule has 7 heteroatoms. The number of nitrogens with zero attached hydrogens (tertiary/aromatic N) is 4. The Hall–Kier alpha value is -2.93. The van der Waals surface area contributed by atoms with Crippen molar-refractivity contribution in [1.29, 1.82) is 0 Å². The highest BCUT2D eigenvalue weighted by Gasteiger charge is 2.14. The molecule has 4 rings (SSSR count). The molecule has 1 amide bonds. The lowest BCUT2D eigenvalue weighted by atomic mass is 10.1. The number of nitrogens with one attached hydrogen (secondary N) is 1. The summed E-state index contributed by atoms with van der Waals surface area (Å²) in [6, 6.07) is 8.24. The van der Waals surface area contributed by atoms with Gasteiger partial charge in [0.25, 0.3) is 5.91 Å². The third-order valence-electron chi connectivity index (χ3n) is 4.23. The number of amides is 1. The predicted octanol–water partition coefficient (Wildman–Crippen LogP) is 3.39. The fraction of sp³-hybridized carbons (Fsp3) is 0.211. The van der Waals surface area contributed by atoms with Crippen LogP contribution in [0.2, 0.25) is 0 Å². The molecule has 0 bridgehead atoms. The maximum absolute atomic E-state index is 12.5. The van der Waals surface area contributed by atoms with Gasteiger partial charge in [-0.15, -0.1) is 11.3 Å². The molecule has 3 heterocycles. The Bertz CT molecular complexity index is 1010. The van der Waals surface area contributed by atoms with Crippen molar-refractivity contribution in [2.24, 2.45) is 0 Å². The average Bonchev–Trinajstić information content (AvgIpc) is 3.36. The molecule has 0 spiro atoms. The number of benzene rings is 1. The number of imidazole rings is 2. The van der Waals surface area contributed by atoms with E-state index in [1.54, 1.807) is 12.5 Å². The molecule has 0 aliphatic rings. The van der Waals surface area contributed by atoms with Gasteiger partial charge in [0, 0.05) is 42.6 Å². The molecule has 0 saturated carbocycles. The molecule has 0 atom stereocenters. The fourth-order valence-corrected chi connectivity index (χ4v) is 3.64. The molecule has 4 aromatic rings. The van der Waals surface area contributed by atoms with Crippen LogP contribution in [-0.2, 0) is 6.54 Å². The normalized spacial score (nSPS) is 11.1. The van der Waals surface area contributed by atoms with E-state index in [-0.39, 0.29) is 5.91 Å². The number of hydrogen-bond acceptors (Lipinski definition) is 4. The zero-order valence-electron chi connectivity index (χ0n) is 14.4.